The van der Waals surface area contributed by atoms with Gasteiger partial charge in [0.15, 0.2) is 0 Å². The minimum atomic E-state index is -4.65. The van der Waals surface area contributed by atoms with Gasteiger partial charge in [0.1, 0.15) is 4.90 Å². The van der Waals surface area contributed by atoms with Crippen LogP contribution in [0.2, 0.25) is 0 Å². The zero-order valence-electron chi connectivity index (χ0n) is 10.8. The van der Waals surface area contributed by atoms with E-state index in [1.807, 2.05) is 0 Å². The summed E-state index contributed by atoms with van der Waals surface area (Å²) in [7, 11) is -8.80. The molecule has 1 aromatic carbocycles. The summed E-state index contributed by atoms with van der Waals surface area (Å²) in [6.45, 7) is 0. The van der Waals surface area contributed by atoms with Gasteiger partial charge in [0.05, 0.1) is 11.9 Å². The van der Waals surface area contributed by atoms with Gasteiger partial charge in [0, 0.05) is 9.80 Å². The van der Waals surface area contributed by atoms with Gasteiger partial charge < -0.3 is 5.73 Å². The molecule has 5 N–H and O–H groups in total. The lowest BCUT2D eigenvalue weighted by molar-refractivity contribution is 0.597. The second kappa shape index (κ2) is 3.92. The van der Waals surface area contributed by atoms with Crippen molar-refractivity contribution < 1.29 is 20.9 Å². The first kappa shape index (κ1) is 8.79. The number of rotatable bonds is 3. The number of nitrogen functional groups attached to an aromatic ring is 1. The van der Waals surface area contributed by atoms with Gasteiger partial charge in [0.2, 0.25) is 20.0 Å². The average molecular weight is 268 g/mol. The Kier molecular flexibility index (Phi) is 2.15. The van der Waals surface area contributed by atoms with E-state index in [1.165, 1.54) is 0 Å². The van der Waals surface area contributed by atoms with Crippen molar-refractivity contribution in [2.24, 2.45) is 5.14 Å². The molecule has 0 aliphatic rings. The van der Waals surface area contributed by atoms with Crippen LogP contribution in [-0.4, -0.2) is 23.0 Å². The molecule has 9 heteroatoms. The van der Waals surface area contributed by atoms with Crippen LogP contribution in [0.25, 0.3) is 0 Å². The van der Waals surface area contributed by atoms with Crippen LogP contribution in [0.5, 0.6) is 0 Å². The summed E-state index contributed by atoms with van der Waals surface area (Å²) in [4.78, 5) is -0.502. The average Bonchev–Trinajstić information content (AvgIpc) is 2.17. The third-order valence-electron chi connectivity index (χ3n) is 1.57. The third-order valence-corrected chi connectivity index (χ3v) is 3.04. The zero-order valence-corrected chi connectivity index (χ0v) is 9.47. The highest BCUT2D eigenvalue weighted by Crippen LogP contribution is 2.21. The molecule has 0 saturated carbocycles. The Bertz CT molecular complexity index is 697. The van der Waals surface area contributed by atoms with Gasteiger partial charge >= 0.3 is 0 Å². The second-order valence-corrected chi connectivity index (χ2v) is 5.64. The van der Waals surface area contributed by atoms with Crippen molar-refractivity contribution in [2.75, 3.05) is 16.6 Å². The molecule has 0 aliphatic heterocycles. The Balaban J connectivity index is 3.27. The van der Waals surface area contributed by atoms with Crippen molar-refractivity contribution in [2.45, 2.75) is 4.90 Å². The number of hydrogen-bond donors (Lipinski definition) is 3. The molecule has 1 aromatic rings. The predicted octanol–water partition coefficient (Wildman–Crippen LogP) is -0.712. The van der Waals surface area contributed by atoms with Crippen LogP contribution in [0.3, 0.4) is 0 Å². The fourth-order valence-electron chi connectivity index (χ4n) is 0.999. The fraction of sp³-hybridized carbons (Fsp3) is 0.143. The summed E-state index contributed by atoms with van der Waals surface area (Å²) in [6.07, 6.45) is -3.28. The molecule has 0 heterocycles. The number of sulfonamides is 2. The minimum absolute atomic E-state index is 0.181. The van der Waals surface area contributed by atoms with E-state index >= 15 is 0 Å². The van der Waals surface area contributed by atoms with Crippen LogP contribution in [0.15, 0.2) is 23.1 Å². The molecule has 1 rings (SSSR count). The van der Waals surface area contributed by atoms with E-state index in [0.717, 1.165) is 18.2 Å². The van der Waals surface area contributed by atoms with Crippen molar-refractivity contribution in [1.29, 1.82) is 0 Å². The largest absolute Gasteiger partial charge is 0.398 e. The first-order chi connectivity index (χ1) is 8.34. The van der Waals surface area contributed by atoms with Gasteiger partial charge in [-0.2, -0.15) is 0 Å². The summed E-state index contributed by atoms with van der Waals surface area (Å²) >= 11 is 0. The van der Waals surface area contributed by atoms with Gasteiger partial charge in [-0.05, 0) is 18.2 Å². The Hall–Kier alpha value is -1.32. The lowest BCUT2D eigenvalue weighted by atomic mass is 10.3. The predicted molar refractivity (Wildman–Crippen MR) is 60.7 cm³/mol. The SMILES string of the molecule is [2H]C([2H])([2H])S(=O)(=O)Nc1ccc(N)c(S(N)(=O)=O)c1. The number of hydrogen-bond acceptors (Lipinski definition) is 5. The van der Waals surface area contributed by atoms with Crippen LogP contribution < -0.4 is 15.6 Å². The zero-order chi connectivity index (χ0) is 15.1. The van der Waals surface area contributed by atoms with E-state index < -0.39 is 31.1 Å². The van der Waals surface area contributed by atoms with E-state index in [1.54, 1.807) is 4.72 Å². The first-order valence-corrected chi connectivity index (χ1v) is 6.82. The third kappa shape index (κ3) is 3.36. The molecular formula is C7H11N3O4S2. The Morgan fingerprint density at radius 2 is 1.94 bits per heavy atom. The maximum absolute atomic E-state index is 11.4. The quantitative estimate of drug-likeness (QED) is 0.623. The van der Waals surface area contributed by atoms with E-state index in [4.69, 9.17) is 15.0 Å². The number of benzene rings is 1. The number of nitrogens with one attached hydrogen (secondary N) is 1. The first-order valence-electron chi connectivity index (χ1n) is 5.29. The summed E-state index contributed by atoms with van der Waals surface area (Å²) in [5.74, 6) is 0. The highest BCUT2D eigenvalue weighted by molar-refractivity contribution is 7.92. The van der Waals surface area contributed by atoms with E-state index in [0.29, 0.717) is 0 Å². The van der Waals surface area contributed by atoms with E-state index in [9.17, 15) is 16.8 Å². The van der Waals surface area contributed by atoms with Crippen molar-refractivity contribution >= 4 is 31.4 Å². The van der Waals surface area contributed by atoms with Gasteiger partial charge in [0.25, 0.3) is 0 Å². The van der Waals surface area contributed by atoms with Gasteiger partial charge in [-0.3, -0.25) is 4.72 Å². The summed E-state index contributed by atoms with van der Waals surface area (Å²) in [6, 6.07) is 3.05. The summed E-state index contributed by atoms with van der Waals surface area (Å²) in [5.41, 5.74) is 4.93. The van der Waals surface area contributed by atoms with Crippen molar-refractivity contribution in [3.63, 3.8) is 0 Å². The molecule has 0 unspecified atom stereocenters. The molecule has 0 radical (unpaired) electrons. The Morgan fingerprint density at radius 1 is 1.31 bits per heavy atom. The lowest BCUT2D eigenvalue weighted by Gasteiger charge is -2.07. The maximum atomic E-state index is 11.4. The van der Waals surface area contributed by atoms with Crippen LogP contribution in [0.1, 0.15) is 4.11 Å². The number of anilines is 2. The highest BCUT2D eigenvalue weighted by Gasteiger charge is 2.13. The summed E-state index contributed by atoms with van der Waals surface area (Å²) < 4.78 is 67.3. The van der Waals surface area contributed by atoms with Crippen LogP contribution in [0.4, 0.5) is 11.4 Å². The summed E-state index contributed by atoms with van der Waals surface area (Å²) in [5, 5.41) is 4.88. The maximum Gasteiger partial charge on any atom is 0.240 e. The molecule has 7 nitrogen and oxygen atoms in total. The monoisotopic (exact) mass is 268 g/mol. The molecule has 0 atom stereocenters. The van der Waals surface area contributed by atoms with Crippen molar-refractivity contribution in [1.82, 2.24) is 0 Å². The smallest absolute Gasteiger partial charge is 0.240 e. The number of nitrogens with two attached hydrogens (primary N) is 2. The molecule has 0 amide bonds. The fourth-order valence-corrected chi connectivity index (χ4v) is 2.12. The Labute approximate surface area is 97.8 Å². The van der Waals surface area contributed by atoms with Crippen molar-refractivity contribution in [3.8, 4) is 0 Å². The Morgan fingerprint density at radius 3 is 2.44 bits per heavy atom. The molecule has 90 valence electrons. The molecule has 0 saturated heterocycles. The molecular weight excluding hydrogens is 254 g/mol. The van der Waals surface area contributed by atoms with E-state index in [2.05, 4.69) is 0 Å². The van der Waals surface area contributed by atoms with Gasteiger partial charge in [-0.15, -0.1) is 0 Å². The van der Waals surface area contributed by atoms with Crippen LogP contribution in [-0.2, 0) is 20.0 Å². The molecule has 0 spiro atoms. The van der Waals surface area contributed by atoms with Gasteiger partial charge in [-0.1, -0.05) is 0 Å². The molecule has 0 aromatic heterocycles. The normalized spacial score (nSPS) is 15.9. The molecule has 0 fully saturated rings. The van der Waals surface area contributed by atoms with Crippen LogP contribution in [0, 0.1) is 0 Å². The minimum Gasteiger partial charge on any atom is -0.398 e. The molecule has 16 heavy (non-hydrogen) atoms. The molecule has 0 bridgehead atoms. The van der Waals surface area contributed by atoms with Crippen molar-refractivity contribution in [3.05, 3.63) is 18.2 Å². The topological polar surface area (TPSA) is 132 Å². The van der Waals surface area contributed by atoms with E-state index in [-0.39, 0.29) is 11.4 Å². The molecule has 0 aliphatic carbocycles. The van der Waals surface area contributed by atoms with Crippen LogP contribution >= 0.6 is 0 Å². The van der Waals surface area contributed by atoms with Gasteiger partial charge in [-0.25, -0.2) is 22.0 Å². The standard InChI is InChI=1S/C7H11N3O4S2/c1-15(11,12)10-5-2-3-6(8)7(4-5)16(9,13)14/h2-4,10H,8H2,1H3,(H2,9,13,14)/i1D3. The highest BCUT2D eigenvalue weighted by atomic mass is 32.2. The second-order valence-electron chi connectivity index (χ2n) is 2.90. The number of primary sulfonamides is 1. The lowest BCUT2D eigenvalue weighted by Crippen LogP contribution is -2.16.